The van der Waals surface area contributed by atoms with E-state index in [1.807, 2.05) is 13.8 Å². The summed E-state index contributed by atoms with van der Waals surface area (Å²) >= 11 is 0. The first-order valence-electron chi connectivity index (χ1n) is 48.1. The minimum absolute atomic E-state index is 0.0197. The summed E-state index contributed by atoms with van der Waals surface area (Å²) in [6.07, 6.45) is 32.6. The molecule has 5 fully saturated rings. The van der Waals surface area contributed by atoms with Crippen molar-refractivity contribution < 1.29 is 57.4 Å². The van der Waals surface area contributed by atoms with E-state index >= 15 is 0 Å². The smallest absolute Gasteiger partial charge is 0.407 e. The third kappa shape index (κ3) is 45.3. The Morgan fingerprint density at radius 3 is 1.32 bits per heavy atom. The van der Waals surface area contributed by atoms with Crippen molar-refractivity contribution >= 4 is 90.3 Å². The zero-order chi connectivity index (χ0) is 103. The van der Waals surface area contributed by atoms with Crippen molar-refractivity contribution in [2.75, 3.05) is 79.0 Å². The van der Waals surface area contributed by atoms with Gasteiger partial charge in [-0.15, -0.1) is 0 Å². The lowest BCUT2D eigenvalue weighted by Crippen LogP contribution is -2.46. The summed E-state index contributed by atoms with van der Waals surface area (Å²) in [5.74, 6) is 2.75. The first-order chi connectivity index (χ1) is 65.7. The molecule has 6 unspecified atom stereocenters. The number of amides is 11. The number of anilines is 5. The van der Waals surface area contributed by atoms with Gasteiger partial charge < -0.3 is 41.4 Å². The summed E-state index contributed by atoms with van der Waals surface area (Å²) in [5.41, 5.74) is 1.31. The second-order valence-electron chi connectivity index (χ2n) is 41.2. The van der Waals surface area contributed by atoms with E-state index in [-0.39, 0.29) is 134 Å². The highest BCUT2D eigenvalue weighted by molar-refractivity contribution is 5.89. The first-order valence-corrected chi connectivity index (χ1v) is 48.1. The zero-order valence-electron chi connectivity index (χ0n) is 83.6. The lowest BCUT2D eigenvalue weighted by Gasteiger charge is -2.45. The number of carbonyl (C=O) groups is 6. The highest BCUT2D eigenvalue weighted by Crippen LogP contribution is 2.50. The van der Waals surface area contributed by atoms with Gasteiger partial charge in [-0.2, -0.15) is 5.26 Å². The van der Waals surface area contributed by atoms with Gasteiger partial charge in [0, 0.05) is 92.1 Å². The Morgan fingerprint density at radius 2 is 0.871 bits per heavy atom. The highest BCUT2D eigenvalue weighted by Gasteiger charge is 2.45. The van der Waals surface area contributed by atoms with Crippen molar-refractivity contribution in [1.82, 2.24) is 81.7 Å². The molecule has 0 spiro atoms. The van der Waals surface area contributed by atoms with Crippen LogP contribution >= 0.6 is 0 Å². The van der Waals surface area contributed by atoms with Gasteiger partial charge in [0.1, 0.15) is 6.10 Å². The summed E-state index contributed by atoms with van der Waals surface area (Å²) in [4.78, 5) is 219. The number of rotatable bonds is 35. The Balaban J connectivity index is 0.000000273. The van der Waals surface area contributed by atoms with Gasteiger partial charge in [-0.05, 0) is 225 Å². The second kappa shape index (κ2) is 56.6. The lowest BCUT2D eigenvalue weighted by molar-refractivity contribution is -0.00940. The Kier molecular flexibility index (Phi) is 46.7. The van der Waals surface area contributed by atoms with Gasteiger partial charge in [0.05, 0.1) is 43.2 Å². The van der Waals surface area contributed by atoms with Crippen molar-refractivity contribution in [2.45, 2.75) is 314 Å². The topological polar surface area (TPSA) is 623 Å². The van der Waals surface area contributed by atoms with Crippen LogP contribution in [-0.2, 0) is 35.1 Å². The predicted octanol–water partition coefficient (Wildman–Crippen LogP) is 13.6. The maximum Gasteiger partial charge on any atom is 0.407 e. The Morgan fingerprint density at radius 1 is 0.460 bits per heavy atom. The molecule has 0 saturated heterocycles. The van der Waals surface area contributed by atoms with Crippen LogP contribution in [0.2, 0.25) is 0 Å². The number of nitrogens with one attached hydrogen (secondary N) is 16. The molecular weight excluding hydrogens is 1790 g/mol. The molecule has 5 aromatic heterocycles. The Bertz CT molecular complexity index is 5430. The van der Waals surface area contributed by atoms with Gasteiger partial charge in [0.2, 0.25) is 54.1 Å². The van der Waals surface area contributed by atoms with E-state index < -0.39 is 35.8 Å². The largest absolute Gasteiger partial charge is 0.449 e. The van der Waals surface area contributed by atoms with Crippen LogP contribution in [0.1, 0.15) is 290 Å². The summed E-state index contributed by atoms with van der Waals surface area (Å²) in [5, 5.41) is 38.7. The molecule has 6 atom stereocenters. The average molecular weight is 1940 g/mol. The normalized spacial score (nSPS) is 21.7. The fraction of sp³-hybridized carbons (Fsp3) is 0.677. The summed E-state index contributed by atoms with van der Waals surface area (Å²) in [6, 6.07) is 3.70. The predicted molar refractivity (Wildman–Crippen MR) is 527 cm³/mol. The molecule has 5 aliphatic carbocycles. The van der Waals surface area contributed by atoms with Gasteiger partial charge in [-0.25, -0.2) is 92.8 Å². The Labute approximate surface area is 810 Å². The number of nitrogens with zero attached hydrogens (tertiary/aromatic N) is 10. The molecule has 0 aliphatic heterocycles. The molecule has 5 aliphatic rings. The number of urea groups is 5. The van der Waals surface area contributed by atoms with Crippen LogP contribution in [0.25, 0.3) is 0 Å². The number of aromatic amines is 5. The van der Waals surface area contributed by atoms with Gasteiger partial charge in [0.15, 0.2) is 0 Å². The minimum atomic E-state index is -0.496. The van der Waals surface area contributed by atoms with E-state index in [0.717, 1.165) is 147 Å². The summed E-state index contributed by atoms with van der Waals surface area (Å²) < 4.78 is 10.6. The van der Waals surface area contributed by atoms with E-state index in [0.29, 0.717) is 105 Å². The van der Waals surface area contributed by atoms with Crippen molar-refractivity contribution in [1.29, 1.82) is 5.26 Å². The number of hydrogen-bond donors (Lipinski definition) is 16. The summed E-state index contributed by atoms with van der Waals surface area (Å²) in [7, 11) is 0. The standard InChI is InChI=1S/C31H50N6O5.C20H29N5O3.C17H25N5O3.C15H23N5O3.C13H19N5O3/c1-20-11-28(3,4)15-30(7,12-20)18-34-27(40)41-10-9-23-21(2)35-25(36-24(23)38)37-26(39)33-17-31(8)14-22(42-19-32)13-29(5,6)16-31;1-13-10-18(27)24-19(22-13)25-20(28)23-17-8-4-15(5-9-17)11-14-2-6-16(7-3-14)21-12-26;1-11-5-13(24)21-14(20-11)22-15(25)18-9-17(4)7-12(19-10-23)6-16(2,3)8-17;1-11(2)12-9-13(22)19-14(18-12)20-15(23)17-8-6-4-3-5-7-16-10-21;1-10-8-11(20)17-12(16-10)18-13(21)15-7-5-3-2-4-6-14-9-19/h20,22H,9-18H2,1-8H3,(H,34,40)(H3,33,35,36,37,38,39);10,14-17H,2-9,11H2,1H3,(H3,22,23,24,25,27,28);5,12H,6-9H2,1-4H3,(H3,18,20,21,22,24,25);9,11H,3-8H2,1-2H3,(H3,17,18,19,20,22,23);8H,2-7H2,1H3,(H3,15,16,17,18,20,21). The molecule has 0 bridgehead atoms. The van der Waals surface area contributed by atoms with E-state index in [2.05, 4.69) is 198 Å². The van der Waals surface area contributed by atoms with Gasteiger partial charge >= 0.3 is 36.2 Å². The van der Waals surface area contributed by atoms with Gasteiger partial charge in [-0.1, -0.05) is 109 Å². The fourth-order valence-electron chi connectivity index (χ4n) is 20.2. The molecule has 43 heteroatoms. The zero-order valence-corrected chi connectivity index (χ0v) is 83.6. The van der Waals surface area contributed by atoms with Crippen molar-refractivity contribution in [3.05, 3.63) is 110 Å². The van der Waals surface area contributed by atoms with E-state index in [1.165, 1.54) is 49.3 Å². The van der Waals surface area contributed by atoms with E-state index in [1.54, 1.807) is 46.1 Å². The number of unbranched alkanes of at least 4 members (excludes halogenated alkanes) is 6. The van der Waals surface area contributed by atoms with Crippen LogP contribution in [-0.4, -0.2) is 187 Å². The minimum Gasteiger partial charge on any atom is -0.449 e. The number of nitriles is 1. The number of ether oxygens (including phenoxy) is 2. The fourth-order valence-corrected chi connectivity index (χ4v) is 20.2. The molecule has 5 aromatic rings. The maximum atomic E-state index is 12.7. The Hall–Kier alpha value is -13.2. The van der Waals surface area contributed by atoms with Crippen LogP contribution < -0.4 is 86.3 Å². The van der Waals surface area contributed by atoms with Crippen LogP contribution in [0.5, 0.6) is 0 Å². The lowest BCUT2D eigenvalue weighted by atomic mass is 9.61. The molecule has 762 valence electrons. The van der Waals surface area contributed by atoms with Gasteiger partial charge in [-0.3, -0.25) is 75.5 Å². The number of carbonyl (C=O) groups excluding carboxylic acids is 10. The molecule has 43 nitrogen and oxygen atoms in total. The number of alkyl carbamates (subject to hydrolysis) is 1. The van der Waals surface area contributed by atoms with Crippen LogP contribution in [0, 0.1) is 89.5 Å². The number of H-pyrrole nitrogens is 5. The molecule has 0 radical (unpaired) electrons. The summed E-state index contributed by atoms with van der Waals surface area (Å²) in [6.45, 7) is 35.8. The van der Waals surface area contributed by atoms with Crippen molar-refractivity contribution in [2.24, 2.45) is 70.2 Å². The number of hydrogen-bond acceptors (Lipinski definition) is 27. The third-order valence-electron chi connectivity index (χ3n) is 24.9. The number of aryl methyl sites for hydroxylation is 4. The molecule has 16 N–H and O–H groups in total. The molecule has 139 heavy (non-hydrogen) atoms. The number of isocyanates is 4. The quantitative estimate of drug-likeness (QED) is 0.00775. The molecule has 0 aromatic carbocycles. The highest BCUT2D eigenvalue weighted by atomic mass is 16.5. The van der Waals surface area contributed by atoms with Gasteiger partial charge in [0.25, 0.3) is 34.1 Å². The van der Waals surface area contributed by atoms with Crippen LogP contribution in [0.4, 0.5) is 58.5 Å². The monoisotopic (exact) mass is 1940 g/mol. The van der Waals surface area contributed by atoms with E-state index in [9.17, 15) is 71.9 Å². The van der Waals surface area contributed by atoms with Crippen molar-refractivity contribution in [3.63, 3.8) is 0 Å². The second-order valence-corrected chi connectivity index (χ2v) is 41.2. The average Bonchev–Trinajstić information content (AvgIpc) is 0.804. The molecule has 5 saturated carbocycles. The third-order valence-corrected chi connectivity index (χ3v) is 24.9. The first kappa shape index (κ1) is 115. The molecular formula is C96H146N26O17. The maximum absolute atomic E-state index is 12.7. The molecule has 5 heterocycles. The number of aromatic nitrogens is 10. The van der Waals surface area contributed by atoms with Crippen LogP contribution in [0.3, 0.4) is 0 Å². The van der Waals surface area contributed by atoms with Crippen molar-refractivity contribution in [3.8, 4) is 6.26 Å². The SMILES string of the molecule is CC(C)c1cc(=O)[nH]c(NC(=O)NCCCCCCN=C=O)n1.Cc1cc(=O)[nH]c(NC(=O)NC2CCC(CC3CCC(N=C=O)CC3)CC2)n1.Cc1cc(=O)[nH]c(NC(=O)NCC2(C)CC(N=C=O)CC(C)(C)C2)n1.Cc1cc(=O)[nH]c(NC(=O)NCCCCCCN=C=O)n1.Cc1nc(NC(=O)NCC2(C)CC(OC#N)CC(C)(C)C2)[nH]c(=O)c1CCOC(=O)NCC1(C)CC(C)CC(C)(C)C1. The molecule has 11 amide bonds. The van der Waals surface area contributed by atoms with Crippen LogP contribution in [0.15, 0.2) is 68.2 Å². The number of aliphatic imine (C=N–C) groups is 4. The van der Waals surface area contributed by atoms with E-state index in [4.69, 9.17) is 14.7 Å². The molecule has 10 rings (SSSR count).